The molecule has 4 rings (SSSR count). The Morgan fingerprint density at radius 2 is 2.00 bits per heavy atom. The van der Waals surface area contributed by atoms with Crippen LogP contribution in [0.5, 0.6) is 0 Å². The summed E-state index contributed by atoms with van der Waals surface area (Å²) >= 11 is 0. The van der Waals surface area contributed by atoms with Crippen LogP contribution in [0.3, 0.4) is 0 Å². The summed E-state index contributed by atoms with van der Waals surface area (Å²) in [7, 11) is 1.39. The molecule has 150 valence electrons. The Kier molecular flexibility index (Phi) is 5.07. The summed E-state index contributed by atoms with van der Waals surface area (Å²) < 4.78 is 7.63. The van der Waals surface area contributed by atoms with Gasteiger partial charge in [0.2, 0.25) is 17.6 Å². The molecule has 29 heavy (non-hydrogen) atoms. The average Bonchev–Trinajstić information content (AvgIpc) is 3.25. The fourth-order valence-electron chi connectivity index (χ4n) is 3.36. The molecule has 0 aromatic carbocycles. The number of aromatic nitrogens is 5. The molecule has 0 spiro atoms. The molecule has 0 aliphatic carbocycles. The minimum absolute atomic E-state index is 0.0734. The van der Waals surface area contributed by atoms with Crippen LogP contribution in [0.1, 0.15) is 24.7 Å². The van der Waals surface area contributed by atoms with E-state index in [1.807, 2.05) is 18.2 Å². The van der Waals surface area contributed by atoms with Crippen molar-refractivity contribution < 1.29 is 9.32 Å². The van der Waals surface area contributed by atoms with E-state index in [2.05, 4.69) is 15.1 Å². The van der Waals surface area contributed by atoms with Crippen LogP contribution >= 0.6 is 0 Å². The van der Waals surface area contributed by atoms with E-state index in [1.54, 1.807) is 11.1 Å². The van der Waals surface area contributed by atoms with E-state index in [-0.39, 0.29) is 18.4 Å². The third-order valence-electron chi connectivity index (χ3n) is 5.10. The number of piperidine rings is 1. The fourth-order valence-corrected chi connectivity index (χ4v) is 3.36. The zero-order chi connectivity index (χ0) is 20.4. The van der Waals surface area contributed by atoms with Gasteiger partial charge in [-0.2, -0.15) is 4.98 Å². The highest BCUT2D eigenvalue weighted by Gasteiger charge is 2.28. The molecule has 1 aliphatic heterocycles. The third-order valence-corrected chi connectivity index (χ3v) is 5.10. The Bertz CT molecular complexity index is 1130. The van der Waals surface area contributed by atoms with Gasteiger partial charge in [-0.05, 0) is 25.0 Å². The Morgan fingerprint density at radius 3 is 2.72 bits per heavy atom. The molecule has 1 amide bonds. The standard InChI is InChI=1S/C19H20N6O4/c1-23-15(26)7-11-25(19(23)28)12-16(27)24-9-5-13(6-10-24)18-21-17(22-29-18)14-4-2-3-8-20-14/h2-4,7-8,11,13H,5-6,9-10,12H2,1H3. The van der Waals surface area contributed by atoms with Gasteiger partial charge in [0.15, 0.2) is 0 Å². The highest BCUT2D eigenvalue weighted by molar-refractivity contribution is 5.76. The lowest BCUT2D eigenvalue weighted by Crippen LogP contribution is -2.43. The first kappa shape index (κ1) is 18.8. The maximum atomic E-state index is 12.6. The number of carbonyl (C=O) groups is 1. The average molecular weight is 396 g/mol. The molecule has 0 unspecified atom stereocenters. The van der Waals surface area contributed by atoms with Gasteiger partial charge in [-0.1, -0.05) is 11.2 Å². The number of hydrogen-bond acceptors (Lipinski definition) is 7. The SMILES string of the molecule is Cn1c(=O)ccn(CC(=O)N2CCC(c3nc(-c4ccccn4)no3)CC2)c1=O. The summed E-state index contributed by atoms with van der Waals surface area (Å²) in [6, 6.07) is 6.77. The van der Waals surface area contributed by atoms with E-state index < -0.39 is 11.2 Å². The smallest absolute Gasteiger partial charge is 0.331 e. The van der Waals surface area contributed by atoms with Crippen LogP contribution in [-0.4, -0.2) is 48.2 Å². The molecule has 10 nitrogen and oxygen atoms in total. The van der Waals surface area contributed by atoms with Crippen LogP contribution in [-0.2, 0) is 18.4 Å². The van der Waals surface area contributed by atoms with Crippen LogP contribution < -0.4 is 11.2 Å². The summed E-state index contributed by atoms with van der Waals surface area (Å²) in [6.45, 7) is 0.971. The van der Waals surface area contributed by atoms with E-state index >= 15 is 0 Å². The van der Waals surface area contributed by atoms with Crippen molar-refractivity contribution in [1.29, 1.82) is 0 Å². The highest BCUT2D eigenvalue weighted by Crippen LogP contribution is 2.28. The normalized spacial score (nSPS) is 14.9. The maximum Gasteiger partial charge on any atom is 0.331 e. The van der Waals surface area contributed by atoms with Gasteiger partial charge in [0.05, 0.1) is 0 Å². The lowest BCUT2D eigenvalue weighted by atomic mass is 9.96. The van der Waals surface area contributed by atoms with Crippen molar-refractivity contribution in [1.82, 2.24) is 29.2 Å². The summed E-state index contributed by atoms with van der Waals surface area (Å²) in [5, 5.41) is 4.00. The Morgan fingerprint density at radius 1 is 1.21 bits per heavy atom. The number of hydrogen-bond donors (Lipinski definition) is 0. The Hall–Kier alpha value is -3.56. The summed E-state index contributed by atoms with van der Waals surface area (Å²) in [5.41, 5.74) is -0.254. The van der Waals surface area contributed by atoms with Gasteiger partial charge in [-0.15, -0.1) is 0 Å². The molecule has 1 saturated heterocycles. The molecule has 0 atom stereocenters. The zero-order valence-electron chi connectivity index (χ0n) is 15.9. The molecule has 0 bridgehead atoms. The minimum Gasteiger partial charge on any atom is -0.341 e. The van der Waals surface area contributed by atoms with Crippen LogP contribution in [0.25, 0.3) is 11.5 Å². The first-order valence-corrected chi connectivity index (χ1v) is 9.32. The van der Waals surface area contributed by atoms with E-state index in [0.717, 1.165) is 4.57 Å². The van der Waals surface area contributed by atoms with Gasteiger partial charge in [0, 0.05) is 44.5 Å². The predicted octanol–water partition coefficient (Wildman–Crippen LogP) is 0.398. The van der Waals surface area contributed by atoms with Crippen molar-refractivity contribution >= 4 is 5.91 Å². The van der Waals surface area contributed by atoms with Crippen LogP contribution in [0.2, 0.25) is 0 Å². The van der Waals surface area contributed by atoms with Crippen molar-refractivity contribution in [2.24, 2.45) is 7.05 Å². The summed E-state index contributed by atoms with van der Waals surface area (Å²) in [5.74, 6) is 0.911. The van der Waals surface area contributed by atoms with Crippen molar-refractivity contribution in [2.45, 2.75) is 25.3 Å². The van der Waals surface area contributed by atoms with Crippen LogP contribution in [0, 0.1) is 0 Å². The van der Waals surface area contributed by atoms with Gasteiger partial charge in [-0.3, -0.25) is 23.7 Å². The quantitative estimate of drug-likeness (QED) is 0.627. The van der Waals surface area contributed by atoms with E-state index in [1.165, 1.54) is 23.9 Å². The molecular weight excluding hydrogens is 376 g/mol. The number of carbonyl (C=O) groups excluding carboxylic acids is 1. The van der Waals surface area contributed by atoms with Gasteiger partial charge in [-0.25, -0.2) is 4.79 Å². The fraction of sp³-hybridized carbons (Fsp3) is 0.368. The van der Waals surface area contributed by atoms with Gasteiger partial charge >= 0.3 is 5.69 Å². The monoisotopic (exact) mass is 396 g/mol. The summed E-state index contributed by atoms with van der Waals surface area (Å²) in [6.07, 6.45) is 4.41. The number of pyridine rings is 1. The van der Waals surface area contributed by atoms with Crippen LogP contribution in [0.15, 0.2) is 50.8 Å². The zero-order valence-corrected chi connectivity index (χ0v) is 15.9. The predicted molar refractivity (Wildman–Crippen MR) is 102 cm³/mol. The van der Waals surface area contributed by atoms with Gasteiger partial charge in [0.1, 0.15) is 12.2 Å². The summed E-state index contributed by atoms with van der Waals surface area (Å²) in [4.78, 5) is 46.5. The van der Waals surface area contributed by atoms with Crippen molar-refractivity contribution in [3.8, 4) is 11.5 Å². The molecule has 0 N–H and O–H groups in total. The molecule has 0 saturated carbocycles. The third kappa shape index (κ3) is 3.86. The molecular formula is C19H20N6O4. The van der Waals surface area contributed by atoms with Crippen molar-refractivity contribution in [3.05, 3.63) is 63.4 Å². The van der Waals surface area contributed by atoms with Crippen molar-refractivity contribution in [3.63, 3.8) is 0 Å². The van der Waals surface area contributed by atoms with Gasteiger partial charge < -0.3 is 9.42 Å². The molecule has 1 fully saturated rings. The Balaban J connectivity index is 1.38. The number of nitrogens with zero attached hydrogens (tertiary/aromatic N) is 6. The number of likely N-dealkylation sites (tertiary alicyclic amines) is 1. The van der Waals surface area contributed by atoms with Crippen LogP contribution in [0.4, 0.5) is 0 Å². The first-order chi connectivity index (χ1) is 14.0. The first-order valence-electron chi connectivity index (χ1n) is 9.32. The topological polar surface area (TPSA) is 116 Å². The van der Waals surface area contributed by atoms with Crippen molar-refractivity contribution in [2.75, 3.05) is 13.1 Å². The molecule has 10 heteroatoms. The maximum absolute atomic E-state index is 12.6. The highest BCUT2D eigenvalue weighted by atomic mass is 16.5. The minimum atomic E-state index is -0.506. The lowest BCUT2D eigenvalue weighted by molar-refractivity contribution is -0.133. The largest absolute Gasteiger partial charge is 0.341 e. The molecule has 1 aliphatic rings. The Labute approximate surface area is 165 Å². The molecule has 3 aromatic rings. The second kappa shape index (κ2) is 7.82. The molecule has 4 heterocycles. The van der Waals surface area contributed by atoms with E-state index in [4.69, 9.17) is 4.52 Å². The molecule has 0 radical (unpaired) electrons. The lowest BCUT2D eigenvalue weighted by Gasteiger charge is -2.30. The second-order valence-electron chi connectivity index (χ2n) is 6.95. The van der Waals surface area contributed by atoms with E-state index in [9.17, 15) is 14.4 Å². The van der Waals surface area contributed by atoms with E-state index in [0.29, 0.717) is 43.3 Å². The second-order valence-corrected chi connectivity index (χ2v) is 6.95. The van der Waals surface area contributed by atoms with Gasteiger partial charge in [0.25, 0.3) is 5.56 Å². The number of amides is 1. The number of rotatable bonds is 4. The molecule has 3 aromatic heterocycles.